The van der Waals surface area contributed by atoms with Crippen LogP contribution in [-0.2, 0) is 24.3 Å². The molecule has 1 heterocycles. The highest BCUT2D eigenvalue weighted by Gasteiger charge is 2.08. The lowest BCUT2D eigenvalue weighted by Gasteiger charge is -2.07. The predicted molar refractivity (Wildman–Crippen MR) is 71.1 cm³/mol. The molecule has 5 heteroatoms. The topological polar surface area (TPSA) is 81.2 Å². The fourth-order valence-electron chi connectivity index (χ4n) is 1.82. The van der Waals surface area contributed by atoms with Crippen molar-refractivity contribution in [3.05, 3.63) is 53.2 Å². The molecular formula is C14H17N3O2. The van der Waals surface area contributed by atoms with Gasteiger partial charge in [0.05, 0.1) is 19.2 Å². The van der Waals surface area contributed by atoms with Gasteiger partial charge < -0.3 is 15.5 Å². The molecule has 0 saturated heterocycles. The average Bonchev–Trinajstić information content (AvgIpc) is 2.83. The lowest BCUT2D eigenvalue weighted by atomic mass is 10.0. The molecule has 0 radical (unpaired) electrons. The maximum Gasteiger partial charge on any atom is 0.224 e. The van der Waals surface area contributed by atoms with Crippen LogP contribution in [0.3, 0.4) is 0 Å². The molecular weight excluding hydrogens is 242 g/mol. The molecule has 0 aliphatic rings. The highest BCUT2D eigenvalue weighted by molar-refractivity contribution is 5.78. The second-order valence-electron chi connectivity index (χ2n) is 4.29. The van der Waals surface area contributed by atoms with Gasteiger partial charge in [-0.05, 0) is 18.1 Å². The summed E-state index contributed by atoms with van der Waals surface area (Å²) in [5.41, 5.74) is 7.58. The van der Waals surface area contributed by atoms with E-state index >= 15 is 0 Å². The Morgan fingerprint density at radius 3 is 2.74 bits per heavy atom. The first kappa shape index (κ1) is 13.3. The summed E-state index contributed by atoms with van der Waals surface area (Å²) in [5, 5.41) is 2.78. The Balaban J connectivity index is 1.90. The third kappa shape index (κ3) is 3.66. The number of oxazole rings is 1. The SMILES string of the molecule is Cc1cnc(CNC(=O)Cc2ccccc2CN)o1. The van der Waals surface area contributed by atoms with Crippen molar-refractivity contribution in [2.24, 2.45) is 5.73 Å². The van der Waals surface area contributed by atoms with Crippen molar-refractivity contribution in [3.8, 4) is 0 Å². The van der Waals surface area contributed by atoms with Crippen LogP contribution in [0.1, 0.15) is 22.8 Å². The number of nitrogens with zero attached hydrogens (tertiary/aromatic N) is 1. The van der Waals surface area contributed by atoms with Crippen molar-refractivity contribution < 1.29 is 9.21 Å². The molecule has 1 aromatic carbocycles. The summed E-state index contributed by atoms with van der Waals surface area (Å²) in [6.45, 7) is 2.55. The molecule has 2 rings (SSSR count). The van der Waals surface area contributed by atoms with Crippen molar-refractivity contribution in [1.29, 1.82) is 0 Å². The van der Waals surface area contributed by atoms with Crippen molar-refractivity contribution in [3.63, 3.8) is 0 Å². The Morgan fingerprint density at radius 2 is 2.11 bits per heavy atom. The van der Waals surface area contributed by atoms with E-state index in [2.05, 4.69) is 10.3 Å². The molecule has 0 aliphatic carbocycles. The van der Waals surface area contributed by atoms with Crippen LogP contribution in [0.25, 0.3) is 0 Å². The molecule has 100 valence electrons. The van der Waals surface area contributed by atoms with Gasteiger partial charge in [0.1, 0.15) is 5.76 Å². The van der Waals surface area contributed by atoms with E-state index in [1.807, 2.05) is 31.2 Å². The van der Waals surface area contributed by atoms with Crippen LogP contribution in [0.4, 0.5) is 0 Å². The van der Waals surface area contributed by atoms with Gasteiger partial charge in [0, 0.05) is 6.54 Å². The Morgan fingerprint density at radius 1 is 1.37 bits per heavy atom. The number of amides is 1. The Kier molecular flexibility index (Phi) is 4.30. The largest absolute Gasteiger partial charge is 0.444 e. The average molecular weight is 259 g/mol. The Hall–Kier alpha value is -2.14. The van der Waals surface area contributed by atoms with Gasteiger partial charge in [-0.15, -0.1) is 0 Å². The van der Waals surface area contributed by atoms with Gasteiger partial charge in [-0.25, -0.2) is 4.98 Å². The maximum atomic E-state index is 11.8. The smallest absolute Gasteiger partial charge is 0.224 e. The van der Waals surface area contributed by atoms with Crippen molar-refractivity contribution in [1.82, 2.24) is 10.3 Å². The highest BCUT2D eigenvalue weighted by Crippen LogP contribution is 2.08. The molecule has 1 amide bonds. The van der Waals surface area contributed by atoms with Crippen LogP contribution in [0.2, 0.25) is 0 Å². The number of nitrogens with one attached hydrogen (secondary N) is 1. The highest BCUT2D eigenvalue weighted by atomic mass is 16.4. The van der Waals surface area contributed by atoms with Crippen LogP contribution < -0.4 is 11.1 Å². The maximum absolute atomic E-state index is 11.8. The molecule has 0 fully saturated rings. The van der Waals surface area contributed by atoms with Crippen molar-refractivity contribution >= 4 is 5.91 Å². The number of aryl methyl sites for hydroxylation is 1. The zero-order valence-corrected chi connectivity index (χ0v) is 10.8. The van der Waals surface area contributed by atoms with Gasteiger partial charge in [0.2, 0.25) is 11.8 Å². The van der Waals surface area contributed by atoms with Crippen LogP contribution >= 0.6 is 0 Å². The zero-order valence-electron chi connectivity index (χ0n) is 10.8. The minimum absolute atomic E-state index is 0.0725. The standard InChI is InChI=1S/C14H17N3O2/c1-10-8-17-14(19-10)9-16-13(18)6-11-4-2-3-5-12(11)7-15/h2-5,8H,6-7,9,15H2,1H3,(H,16,18). The number of hydrogen-bond donors (Lipinski definition) is 2. The lowest BCUT2D eigenvalue weighted by molar-refractivity contribution is -0.120. The van der Waals surface area contributed by atoms with Gasteiger partial charge in [0.25, 0.3) is 0 Å². The Bertz CT molecular complexity index is 563. The summed E-state index contributed by atoms with van der Waals surface area (Å²) in [5.74, 6) is 1.17. The van der Waals surface area contributed by atoms with Crippen molar-refractivity contribution in [2.75, 3.05) is 0 Å². The van der Waals surface area contributed by atoms with Crippen LogP contribution in [0.5, 0.6) is 0 Å². The summed E-state index contributed by atoms with van der Waals surface area (Å²) in [7, 11) is 0. The van der Waals surface area contributed by atoms with Crippen LogP contribution in [0.15, 0.2) is 34.9 Å². The number of aromatic nitrogens is 1. The van der Waals surface area contributed by atoms with E-state index in [4.69, 9.17) is 10.2 Å². The van der Waals surface area contributed by atoms with Gasteiger partial charge in [-0.1, -0.05) is 24.3 Å². The van der Waals surface area contributed by atoms with E-state index in [0.29, 0.717) is 25.4 Å². The van der Waals surface area contributed by atoms with E-state index in [0.717, 1.165) is 16.9 Å². The fraction of sp³-hybridized carbons (Fsp3) is 0.286. The lowest BCUT2D eigenvalue weighted by Crippen LogP contribution is -2.25. The molecule has 2 aromatic rings. The molecule has 1 aromatic heterocycles. The second kappa shape index (κ2) is 6.15. The number of nitrogens with two attached hydrogens (primary N) is 1. The van der Waals surface area contributed by atoms with E-state index in [9.17, 15) is 4.79 Å². The molecule has 0 unspecified atom stereocenters. The van der Waals surface area contributed by atoms with Gasteiger partial charge in [-0.3, -0.25) is 4.79 Å². The predicted octanol–water partition coefficient (Wildman–Crippen LogP) is 1.30. The summed E-state index contributed by atoms with van der Waals surface area (Å²) >= 11 is 0. The van der Waals surface area contributed by atoms with Gasteiger partial charge in [0.15, 0.2) is 0 Å². The minimum atomic E-state index is -0.0725. The third-order valence-electron chi connectivity index (χ3n) is 2.80. The third-order valence-corrected chi connectivity index (χ3v) is 2.80. The van der Waals surface area contributed by atoms with Gasteiger partial charge in [-0.2, -0.15) is 0 Å². The number of carbonyl (C=O) groups excluding carboxylic acids is 1. The monoisotopic (exact) mass is 259 g/mol. The molecule has 19 heavy (non-hydrogen) atoms. The van der Waals surface area contributed by atoms with Crippen LogP contribution in [-0.4, -0.2) is 10.9 Å². The number of benzene rings is 1. The Labute approximate surface area is 111 Å². The first-order valence-corrected chi connectivity index (χ1v) is 6.14. The normalized spacial score (nSPS) is 10.4. The molecule has 0 saturated carbocycles. The van der Waals surface area contributed by atoms with Gasteiger partial charge >= 0.3 is 0 Å². The van der Waals surface area contributed by atoms with Crippen LogP contribution in [0, 0.1) is 6.92 Å². The van der Waals surface area contributed by atoms with E-state index in [1.165, 1.54) is 0 Å². The molecule has 3 N–H and O–H groups in total. The fourth-order valence-corrected chi connectivity index (χ4v) is 1.82. The zero-order chi connectivity index (χ0) is 13.7. The number of rotatable bonds is 5. The number of carbonyl (C=O) groups is 1. The first-order valence-electron chi connectivity index (χ1n) is 6.14. The summed E-state index contributed by atoms with van der Waals surface area (Å²) in [6, 6.07) is 7.66. The van der Waals surface area contributed by atoms with Crippen molar-refractivity contribution in [2.45, 2.75) is 26.4 Å². The molecule has 0 aliphatic heterocycles. The quantitative estimate of drug-likeness (QED) is 0.848. The molecule has 5 nitrogen and oxygen atoms in total. The molecule has 0 bridgehead atoms. The van der Waals surface area contributed by atoms with E-state index in [-0.39, 0.29) is 5.91 Å². The number of hydrogen-bond acceptors (Lipinski definition) is 4. The summed E-state index contributed by atoms with van der Waals surface area (Å²) in [4.78, 5) is 15.9. The first-order chi connectivity index (χ1) is 9.19. The molecule has 0 atom stereocenters. The van der Waals surface area contributed by atoms with E-state index < -0.39 is 0 Å². The molecule has 0 spiro atoms. The summed E-state index contributed by atoms with van der Waals surface area (Å²) in [6.07, 6.45) is 1.94. The minimum Gasteiger partial charge on any atom is -0.444 e. The second-order valence-corrected chi connectivity index (χ2v) is 4.29. The van der Waals surface area contributed by atoms with E-state index in [1.54, 1.807) is 6.20 Å². The summed E-state index contributed by atoms with van der Waals surface area (Å²) < 4.78 is 5.28.